The van der Waals surface area contributed by atoms with Gasteiger partial charge in [-0.25, -0.2) is 13.8 Å². The van der Waals surface area contributed by atoms with Crippen molar-refractivity contribution in [3.05, 3.63) is 61.9 Å². The highest BCUT2D eigenvalue weighted by Gasteiger charge is 2.33. The summed E-state index contributed by atoms with van der Waals surface area (Å²) < 4.78 is 66.0. The largest absolute Gasteiger partial charge is 0.416 e. The molecule has 0 saturated carbocycles. The number of halogens is 5. The SMILES string of the molecule is Cc1cc(-n2c(=O)cc(F)n(C)c2=O)c(F)cc1C(F)(F)F. The van der Waals surface area contributed by atoms with Gasteiger partial charge in [0, 0.05) is 7.05 Å². The Morgan fingerprint density at radius 3 is 2.18 bits per heavy atom. The van der Waals surface area contributed by atoms with Gasteiger partial charge in [-0.15, -0.1) is 0 Å². The number of rotatable bonds is 1. The second-order valence-electron chi connectivity index (χ2n) is 4.60. The summed E-state index contributed by atoms with van der Waals surface area (Å²) in [7, 11) is 1.00. The summed E-state index contributed by atoms with van der Waals surface area (Å²) in [5.41, 5.74) is -4.65. The fraction of sp³-hybridized carbons (Fsp3) is 0.231. The summed E-state index contributed by atoms with van der Waals surface area (Å²) in [6, 6.07) is 1.35. The number of aromatic nitrogens is 2. The Labute approximate surface area is 120 Å². The third kappa shape index (κ3) is 2.53. The zero-order valence-corrected chi connectivity index (χ0v) is 11.3. The maximum absolute atomic E-state index is 13.9. The first kappa shape index (κ1) is 15.9. The Kier molecular flexibility index (Phi) is 3.68. The third-order valence-corrected chi connectivity index (χ3v) is 3.10. The molecule has 0 atom stereocenters. The Balaban J connectivity index is 2.82. The van der Waals surface area contributed by atoms with Crippen LogP contribution in [0.3, 0.4) is 0 Å². The van der Waals surface area contributed by atoms with Crippen LogP contribution in [0.25, 0.3) is 5.69 Å². The van der Waals surface area contributed by atoms with Gasteiger partial charge in [-0.2, -0.15) is 17.6 Å². The molecule has 22 heavy (non-hydrogen) atoms. The third-order valence-electron chi connectivity index (χ3n) is 3.10. The number of benzene rings is 1. The highest BCUT2D eigenvalue weighted by atomic mass is 19.4. The van der Waals surface area contributed by atoms with Crippen LogP contribution in [0.15, 0.2) is 27.8 Å². The fourth-order valence-corrected chi connectivity index (χ4v) is 1.96. The molecule has 0 saturated heterocycles. The van der Waals surface area contributed by atoms with Crippen molar-refractivity contribution in [2.24, 2.45) is 7.05 Å². The molecule has 1 aromatic heterocycles. The van der Waals surface area contributed by atoms with Crippen LogP contribution < -0.4 is 11.2 Å². The van der Waals surface area contributed by atoms with Crippen molar-refractivity contribution >= 4 is 0 Å². The Morgan fingerprint density at radius 2 is 1.64 bits per heavy atom. The molecule has 4 nitrogen and oxygen atoms in total. The van der Waals surface area contributed by atoms with Gasteiger partial charge >= 0.3 is 11.9 Å². The van der Waals surface area contributed by atoms with Crippen LogP contribution in [-0.2, 0) is 13.2 Å². The Bertz CT molecular complexity index is 864. The number of alkyl halides is 3. The molecule has 118 valence electrons. The van der Waals surface area contributed by atoms with Crippen LogP contribution in [0.5, 0.6) is 0 Å². The van der Waals surface area contributed by atoms with E-state index in [-0.39, 0.29) is 16.2 Å². The van der Waals surface area contributed by atoms with E-state index in [1.165, 1.54) is 0 Å². The van der Waals surface area contributed by atoms with Crippen molar-refractivity contribution < 1.29 is 22.0 Å². The number of nitrogens with zero attached hydrogens (tertiary/aromatic N) is 2. The lowest BCUT2D eigenvalue weighted by Gasteiger charge is -2.14. The second-order valence-corrected chi connectivity index (χ2v) is 4.60. The molecule has 0 amide bonds. The molecular weight excluding hydrogens is 311 g/mol. The van der Waals surface area contributed by atoms with Crippen molar-refractivity contribution in [1.29, 1.82) is 0 Å². The normalized spacial score (nSPS) is 11.8. The smallest absolute Gasteiger partial charge is 0.272 e. The van der Waals surface area contributed by atoms with Gasteiger partial charge in [-0.3, -0.25) is 9.36 Å². The minimum absolute atomic E-state index is 0.194. The van der Waals surface area contributed by atoms with E-state index in [2.05, 4.69) is 0 Å². The van der Waals surface area contributed by atoms with Crippen LogP contribution in [0.1, 0.15) is 11.1 Å². The maximum Gasteiger partial charge on any atom is 0.416 e. The average molecular weight is 320 g/mol. The monoisotopic (exact) mass is 320 g/mol. The molecule has 1 aromatic carbocycles. The second kappa shape index (κ2) is 5.08. The van der Waals surface area contributed by atoms with Crippen molar-refractivity contribution in [3.8, 4) is 5.69 Å². The first-order valence-electron chi connectivity index (χ1n) is 5.90. The zero-order chi connectivity index (χ0) is 16.8. The molecular formula is C13H9F5N2O2. The summed E-state index contributed by atoms with van der Waals surface area (Å²) >= 11 is 0. The fourth-order valence-electron chi connectivity index (χ4n) is 1.96. The first-order chi connectivity index (χ1) is 10.0. The summed E-state index contributed by atoms with van der Waals surface area (Å²) in [5.74, 6) is -2.56. The van der Waals surface area contributed by atoms with Crippen molar-refractivity contribution in [1.82, 2.24) is 9.13 Å². The van der Waals surface area contributed by atoms with E-state index in [9.17, 15) is 31.5 Å². The van der Waals surface area contributed by atoms with Crippen LogP contribution >= 0.6 is 0 Å². The van der Waals surface area contributed by atoms with Gasteiger partial charge in [0.1, 0.15) is 5.82 Å². The lowest BCUT2D eigenvalue weighted by atomic mass is 10.1. The molecule has 2 aromatic rings. The number of hydrogen-bond donors (Lipinski definition) is 0. The lowest BCUT2D eigenvalue weighted by Crippen LogP contribution is -2.39. The van der Waals surface area contributed by atoms with Crippen molar-refractivity contribution in [2.75, 3.05) is 0 Å². The average Bonchev–Trinajstić information content (AvgIpc) is 2.38. The van der Waals surface area contributed by atoms with Crippen LogP contribution in [0.2, 0.25) is 0 Å². The van der Waals surface area contributed by atoms with E-state index in [0.29, 0.717) is 10.6 Å². The summed E-state index contributed by atoms with van der Waals surface area (Å²) in [4.78, 5) is 23.5. The van der Waals surface area contributed by atoms with Gasteiger partial charge in [-0.1, -0.05) is 0 Å². The van der Waals surface area contributed by atoms with Crippen LogP contribution in [0, 0.1) is 18.7 Å². The number of aryl methyl sites for hydroxylation is 1. The summed E-state index contributed by atoms with van der Waals surface area (Å²) in [6.07, 6.45) is -4.78. The van der Waals surface area contributed by atoms with Gasteiger partial charge in [0.2, 0.25) is 5.95 Å². The molecule has 1 heterocycles. The van der Waals surface area contributed by atoms with Gasteiger partial charge in [-0.05, 0) is 24.6 Å². The van der Waals surface area contributed by atoms with Crippen molar-refractivity contribution in [2.45, 2.75) is 13.1 Å². The Hall–Kier alpha value is -2.45. The maximum atomic E-state index is 13.9. The molecule has 0 aliphatic carbocycles. The minimum Gasteiger partial charge on any atom is -0.272 e. The highest BCUT2D eigenvalue weighted by molar-refractivity contribution is 5.42. The molecule has 0 bridgehead atoms. The molecule has 0 unspecified atom stereocenters. The van der Waals surface area contributed by atoms with Crippen LogP contribution in [0.4, 0.5) is 22.0 Å². The molecule has 9 heteroatoms. The zero-order valence-electron chi connectivity index (χ0n) is 11.3. The first-order valence-corrected chi connectivity index (χ1v) is 5.90. The standard InChI is InChI=1S/C13H9F5N2O2/c1-6-3-9(8(14)4-7(6)13(16,17)18)20-11(21)5-10(15)19(2)12(20)22/h3-5H,1-2H3. The quantitative estimate of drug-likeness (QED) is 0.597. The van der Waals surface area contributed by atoms with E-state index < -0.39 is 40.4 Å². The highest BCUT2D eigenvalue weighted by Crippen LogP contribution is 2.33. The van der Waals surface area contributed by atoms with E-state index in [4.69, 9.17) is 0 Å². The predicted molar refractivity (Wildman–Crippen MR) is 66.9 cm³/mol. The molecule has 0 N–H and O–H groups in total. The van der Waals surface area contributed by atoms with Crippen LogP contribution in [-0.4, -0.2) is 9.13 Å². The van der Waals surface area contributed by atoms with Gasteiger partial charge in [0.05, 0.1) is 17.3 Å². The van der Waals surface area contributed by atoms with E-state index >= 15 is 0 Å². The van der Waals surface area contributed by atoms with Gasteiger partial charge < -0.3 is 0 Å². The molecule has 2 rings (SSSR count). The molecule has 0 aliphatic heterocycles. The van der Waals surface area contributed by atoms with E-state index in [1.807, 2.05) is 0 Å². The van der Waals surface area contributed by atoms with E-state index in [0.717, 1.165) is 20.0 Å². The molecule has 0 spiro atoms. The van der Waals surface area contributed by atoms with Gasteiger partial charge in [0.25, 0.3) is 5.56 Å². The topological polar surface area (TPSA) is 44.0 Å². The molecule has 0 aliphatic rings. The summed E-state index contributed by atoms with van der Waals surface area (Å²) in [6.45, 7) is 1.06. The number of hydrogen-bond acceptors (Lipinski definition) is 2. The Morgan fingerprint density at radius 1 is 1.05 bits per heavy atom. The minimum atomic E-state index is -4.78. The van der Waals surface area contributed by atoms with Gasteiger partial charge in [0.15, 0.2) is 0 Å². The lowest BCUT2D eigenvalue weighted by molar-refractivity contribution is -0.138. The van der Waals surface area contributed by atoms with Crippen molar-refractivity contribution in [3.63, 3.8) is 0 Å². The van der Waals surface area contributed by atoms with E-state index in [1.54, 1.807) is 0 Å². The molecule has 0 fully saturated rings. The molecule has 0 radical (unpaired) electrons. The predicted octanol–water partition coefficient (Wildman–Crippen LogP) is 2.14. The summed E-state index contributed by atoms with van der Waals surface area (Å²) in [5, 5.41) is 0.